The fourth-order valence-electron chi connectivity index (χ4n) is 1.54. The molecule has 2 aromatic rings. The van der Waals surface area contributed by atoms with E-state index in [4.69, 9.17) is 9.47 Å². The molecule has 0 unspecified atom stereocenters. The van der Waals surface area contributed by atoms with Gasteiger partial charge in [0.1, 0.15) is 11.5 Å². The molecule has 0 atom stereocenters. The van der Waals surface area contributed by atoms with Gasteiger partial charge in [0.15, 0.2) is 0 Å². The van der Waals surface area contributed by atoms with E-state index < -0.39 is 0 Å². The largest absolute Gasteiger partial charge is 0.497 e. The van der Waals surface area contributed by atoms with E-state index in [-0.39, 0.29) is 5.12 Å². The number of methoxy groups -OCH3 is 2. The normalized spacial score (nSPS) is 10.0. The Bertz CT molecular complexity index is 547. The number of ether oxygens (including phenoxy) is 2. The molecule has 0 amide bonds. The van der Waals surface area contributed by atoms with Crippen molar-refractivity contribution >= 4 is 16.9 Å². The van der Waals surface area contributed by atoms with E-state index in [1.54, 1.807) is 38.5 Å². The standard InChI is InChI=1S/C15H14O3S/c1-17-12-5-3-11(4-6-12)15(16)19-14-9-7-13(18-2)8-10-14/h3-10H,1-2H3. The highest BCUT2D eigenvalue weighted by atomic mass is 32.2. The van der Waals surface area contributed by atoms with Crippen molar-refractivity contribution < 1.29 is 14.3 Å². The molecule has 0 N–H and O–H groups in total. The first-order valence-electron chi connectivity index (χ1n) is 5.73. The minimum Gasteiger partial charge on any atom is -0.497 e. The summed E-state index contributed by atoms with van der Waals surface area (Å²) in [5.41, 5.74) is 0.654. The highest BCUT2D eigenvalue weighted by molar-refractivity contribution is 8.14. The average Bonchev–Trinajstić information content (AvgIpc) is 2.48. The molecule has 0 radical (unpaired) electrons. The van der Waals surface area contributed by atoms with Crippen LogP contribution in [-0.2, 0) is 0 Å². The summed E-state index contributed by atoms with van der Waals surface area (Å²) in [7, 11) is 3.22. The average molecular weight is 274 g/mol. The molecular formula is C15H14O3S. The van der Waals surface area contributed by atoms with Crippen molar-refractivity contribution in [2.75, 3.05) is 14.2 Å². The molecule has 98 valence electrons. The van der Waals surface area contributed by atoms with Gasteiger partial charge >= 0.3 is 0 Å². The van der Waals surface area contributed by atoms with Crippen LogP contribution in [0.2, 0.25) is 0 Å². The van der Waals surface area contributed by atoms with Crippen LogP contribution in [-0.4, -0.2) is 19.3 Å². The first-order valence-corrected chi connectivity index (χ1v) is 6.55. The molecule has 0 aliphatic carbocycles. The zero-order chi connectivity index (χ0) is 13.7. The summed E-state index contributed by atoms with van der Waals surface area (Å²) in [5, 5.41) is 0.00724. The number of rotatable bonds is 4. The molecule has 19 heavy (non-hydrogen) atoms. The Morgan fingerprint density at radius 1 is 0.842 bits per heavy atom. The fraction of sp³-hybridized carbons (Fsp3) is 0.133. The molecule has 0 fully saturated rings. The van der Waals surface area contributed by atoms with Gasteiger partial charge in [-0.1, -0.05) is 0 Å². The maximum Gasteiger partial charge on any atom is 0.224 e. The monoisotopic (exact) mass is 274 g/mol. The second-order valence-electron chi connectivity index (χ2n) is 3.79. The van der Waals surface area contributed by atoms with E-state index in [9.17, 15) is 4.79 Å². The second-order valence-corrected chi connectivity index (χ2v) is 4.84. The summed E-state index contributed by atoms with van der Waals surface area (Å²) in [6.45, 7) is 0. The number of hydrogen-bond acceptors (Lipinski definition) is 4. The Kier molecular flexibility index (Phi) is 4.47. The number of carbonyl (C=O) groups is 1. The fourth-order valence-corrected chi connectivity index (χ4v) is 2.28. The maximum atomic E-state index is 12.1. The van der Waals surface area contributed by atoms with Crippen LogP contribution < -0.4 is 9.47 Å². The number of thioether (sulfide) groups is 1. The van der Waals surface area contributed by atoms with Crippen molar-refractivity contribution in [2.24, 2.45) is 0 Å². The summed E-state index contributed by atoms with van der Waals surface area (Å²) in [4.78, 5) is 12.9. The van der Waals surface area contributed by atoms with Crippen LogP contribution in [0, 0.1) is 0 Å². The Hall–Kier alpha value is -1.94. The van der Waals surface area contributed by atoms with E-state index in [1.807, 2.05) is 24.3 Å². The van der Waals surface area contributed by atoms with E-state index in [2.05, 4.69) is 0 Å². The molecule has 0 bridgehead atoms. The molecule has 0 aliphatic rings. The van der Waals surface area contributed by atoms with E-state index >= 15 is 0 Å². The van der Waals surface area contributed by atoms with Gasteiger partial charge in [-0.15, -0.1) is 0 Å². The lowest BCUT2D eigenvalue weighted by Gasteiger charge is -2.04. The molecule has 2 aromatic carbocycles. The minimum atomic E-state index is 0.00724. The van der Waals surface area contributed by atoms with E-state index in [1.165, 1.54) is 11.8 Å². The maximum absolute atomic E-state index is 12.1. The quantitative estimate of drug-likeness (QED) is 0.797. The van der Waals surface area contributed by atoms with Gasteiger partial charge in [0.25, 0.3) is 0 Å². The Morgan fingerprint density at radius 2 is 1.32 bits per heavy atom. The summed E-state index contributed by atoms with van der Waals surface area (Å²) < 4.78 is 10.1. The summed E-state index contributed by atoms with van der Waals surface area (Å²) >= 11 is 1.19. The van der Waals surface area contributed by atoms with Gasteiger partial charge in [-0.05, 0) is 60.3 Å². The molecule has 0 spiro atoms. The van der Waals surface area contributed by atoms with Gasteiger partial charge in [-0.2, -0.15) is 0 Å². The SMILES string of the molecule is COc1ccc(SC(=O)c2ccc(OC)cc2)cc1. The third kappa shape index (κ3) is 3.51. The molecule has 0 aromatic heterocycles. The van der Waals surface area contributed by atoms with Gasteiger partial charge < -0.3 is 9.47 Å². The van der Waals surface area contributed by atoms with Crippen LogP contribution in [0.15, 0.2) is 53.4 Å². The number of hydrogen-bond donors (Lipinski definition) is 0. The summed E-state index contributed by atoms with van der Waals surface area (Å²) in [6, 6.07) is 14.5. The van der Waals surface area contributed by atoms with Crippen LogP contribution >= 0.6 is 11.8 Å². The molecular weight excluding hydrogens is 260 g/mol. The minimum absolute atomic E-state index is 0.00724. The Balaban J connectivity index is 2.06. The number of benzene rings is 2. The molecule has 0 heterocycles. The Labute approximate surface area is 116 Å². The van der Waals surface area contributed by atoms with Gasteiger partial charge in [0, 0.05) is 10.5 Å². The van der Waals surface area contributed by atoms with Gasteiger partial charge in [0.05, 0.1) is 14.2 Å². The lowest BCUT2D eigenvalue weighted by Crippen LogP contribution is -1.93. The van der Waals surface area contributed by atoms with Crippen LogP contribution in [0.5, 0.6) is 11.5 Å². The topological polar surface area (TPSA) is 35.5 Å². The van der Waals surface area contributed by atoms with Crippen LogP contribution in [0.3, 0.4) is 0 Å². The summed E-state index contributed by atoms with van der Waals surface area (Å²) in [6.07, 6.45) is 0. The zero-order valence-corrected chi connectivity index (χ0v) is 11.6. The lowest BCUT2D eigenvalue weighted by atomic mass is 10.2. The summed E-state index contributed by atoms with van der Waals surface area (Å²) in [5.74, 6) is 1.52. The molecule has 4 heteroatoms. The van der Waals surface area contributed by atoms with E-state index in [0.29, 0.717) is 5.56 Å². The highest BCUT2D eigenvalue weighted by Gasteiger charge is 2.08. The second kappa shape index (κ2) is 6.29. The first kappa shape index (κ1) is 13.5. The zero-order valence-electron chi connectivity index (χ0n) is 10.8. The van der Waals surface area contributed by atoms with E-state index in [0.717, 1.165) is 16.4 Å². The lowest BCUT2D eigenvalue weighted by molar-refractivity contribution is 0.108. The molecule has 0 aliphatic heterocycles. The van der Waals surface area contributed by atoms with Gasteiger partial charge in [0.2, 0.25) is 5.12 Å². The van der Waals surface area contributed by atoms with Crippen molar-refractivity contribution in [2.45, 2.75) is 4.90 Å². The third-order valence-corrected chi connectivity index (χ3v) is 3.52. The predicted octanol–water partition coefficient (Wildman–Crippen LogP) is 3.64. The molecule has 3 nitrogen and oxygen atoms in total. The van der Waals surface area contributed by atoms with Crippen molar-refractivity contribution in [3.63, 3.8) is 0 Å². The predicted molar refractivity (Wildman–Crippen MR) is 76.2 cm³/mol. The van der Waals surface area contributed by atoms with Gasteiger partial charge in [-0.3, -0.25) is 4.79 Å². The van der Waals surface area contributed by atoms with Gasteiger partial charge in [-0.25, -0.2) is 0 Å². The smallest absolute Gasteiger partial charge is 0.224 e. The van der Waals surface area contributed by atoms with Crippen molar-refractivity contribution in [1.29, 1.82) is 0 Å². The van der Waals surface area contributed by atoms with Crippen molar-refractivity contribution in [1.82, 2.24) is 0 Å². The first-order chi connectivity index (χ1) is 9.22. The molecule has 0 saturated carbocycles. The Morgan fingerprint density at radius 3 is 1.79 bits per heavy atom. The molecule has 2 rings (SSSR count). The van der Waals surface area contributed by atoms with Crippen molar-refractivity contribution in [3.05, 3.63) is 54.1 Å². The highest BCUT2D eigenvalue weighted by Crippen LogP contribution is 2.25. The van der Waals surface area contributed by atoms with Crippen LogP contribution in [0.25, 0.3) is 0 Å². The van der Waals surface area contributed by atoms with Crippen molar-refractivity contribution in [3.8, 4) is 11.5 Å². The third-order valence-electron chi connectivity index (χ3n) is 2.60. The van der Waals surface area contributed by atoms with Crippen LogP contribution in [0.1, 0.15) is 10.4 Å². The van der Waals surface area contributed by atoms with Crippen LogP contribution in [0.4, 0.5) is 0 Å². The number of carbonyl (C=O) groups excluding carboxylic acids is 1. The molecule has 0 saturated heterocycles.